The Morgan fingerprint density at radius 1 is 1.08 bits per heavy atom. The molecule has 0 aliphatic rings. The van der Waals surface area contributed by atoms with Crippen molar-refractivity contribution in [1.29, 1.82) is 0 Å². The van der Waals surface area contributed by atoms with Crippen molar-refractivity contribution < 1.29 is 13.2 Å². The summed E-state index contributed by atoms with van der Waals surface area (Å²) >= 11 is 0. The molecule has 0 unspecified atom stereocenters. The molecule has 0 spiro atoms. The quantitative estimate of drug-likeness (QED) is 0.775. The number of nitrogens with zero attached hydrogens (tertiary/aromatic N) is 2. The fourth-order valence-electron chi connectivity index (χ4n) is 2.62. The monoisotopic (exact) mass is 357 g/mol. The summed E-state index contributed by atoms with van der Waals surface area (Å²) in [6.45, 7) is 3.94. The van der Waals surface area contributed by atoms with Crippen LogP contribution in [-0.4, -0.2) is 31.8 Å². The molecule has 2 heterocycles. The first-order valence-electron chi connectivity index (χ1n) is 7.67. The molecule has 0 amide bonds. The maximum atomic E-state index is 11.6. The Kier molecular flexibility index (Phi) is 4.34. The van der Waals surface area contributed by atoms with Gasteiger partial charge in [-0.05, 0) is 43.2 Å². The Bertz CT molecular complexity index is 1050. The predicted octanol–water partition coefficient (Wildman–Crippen LogP) is 3.29. The Morgan fingerprint density at radius 3 is 2.44 bits per heavy atom. The van der Waals surface area contributed by atoms with E-state index in [0.717, 1.165) is 34.2 Å². The molecule has 0 fully saturated rings. The van der Waals surface area contributed by atoms with E-state index in [4.69, 9.17) is 4.74 Å². The van der Waals surface area contributed by atoms with E-state index in [0.29, 0.717) is 17.0 Å². The lowest BCUT2D eigenvalue weighted by Gasteiger charge is -2.13. The summed E-state index contributed by atoms with van der Waals surface area (Å²) in [6, 6.07) is 9.33. The first-order valence-corrected chi connectivity index (χ1v) is 9.56. The molecular formula is C18H19N3O3S. The van der Waals surface area contributed by atoms with Gasteiger partial charge in [0.1, 0.15) is 5.75 Å². The van der Waals surface area contributed by atoms with Crippen LogP contribution in [0.25, 0.3) is 22.3 Å². The standard InChI is InChI=1S/C18H19N3O3S/c1-11-5-6-14(19-10-11)16-7-12(2)13-8-17(21-25(4,22)23)18(24-3)9-15(13)20-16/h5-10,21H,1-4H3. The zero-order valence-corrected chi connectivity index (χ0v) is 15.3. The molecule has 0 radical (unpaired) electrons. The second-order valence-corrected chi connectivity index (χ2v) is 7.74. The van der Waals surface area contributed by atoms with Gasteiger partial charge in [-0.3, -0.25) is 9.71 Å². The van der Waals surface area contributed by atoms with E-state index in [2.05, 4.69) is 14.7 Å². The normalized spacial score (nSPS) is 11.5. The molecule has 0 aliphatic carbocycles. The molecule has 6 nitrogen and oxygen atoms in total. The van der Waals surface area contributed by atoms with Crippen molar-refractivity contribution in [1.82, 2.24) is 9.97 Å². The SMILES string of the molecule is COc1cc2nc(-c3ccc(C)cn3)cc(C)c2cc1NS(C)(=O)=O. The van der Waals surface area contributed by atoms with Gasteiger partial charge in [0.25, 0.3) is 0 Å². The van der Waals surface area contributed by atoms with Crippen LogP contribution in [0.3, 0.4) is 0 Å². The molecule has 0 aliphatic heterocycles. The largest absolute Gasteiger partial charge is 0.494 e. The van der Waals surface area contributed by atoms with Gasteiger partial charge in [0.2, 0.25) is 10.0 Å². The van der Waals surface area contributed by atoms with Crippen molar-refractivity contribution in [3.8, 4) is 17.1 Å². The predicted molar refractivity (Wildman–Crippen MR) is 99.5 cm³/mol. The lowest BCUT2D eigenvalue weighted by Crippen LogP contribution is -2.10. The van der Waals surface area contributed by atoms with Crippen LogP contribution < -0.4 is 9.46 Å². The molecule has 2 aromatic heterocycles. The van der Waals surface area contributed by atoms with Gasteiger partial charge in [0, 0.05) is 17.6 Å². The molecule has 7 heteroatoms. The zero-order valence-electron chi connectivity index (χ0n) is 14.5. The summed E-state index contributed by atoms with van der Waals surface area (Å²) in [7, 11) is -1.91. The van der Waals surface area contributed by atoms with Gasteiger partial charge in [-0.25, -0.2) is 13.4 Å². The fourth-order valence-corrected chi connectivity index (χ4v) is 3.18. The van der Waals surface area contributed by atoms with Gasteiger partial charge in [0.15, 0.2) is 0 Å². The maximum Gasteiger partial charge on any atom is 0.229 e. The second kappa shape index (κ2) is 6.33. The van der Waals surface area contributed by atoms with E-state index < -0.39 is 10.0 Å². The van der Waals surface area contributed by atoms with E-state index in [1.54, 1.807) is 18.3 Å². The highest BCUT2D eigenvalue weighted by atomic mass is 32.2. The number of methoxy groups -OCH3 is 1. The average molecular weight is 357 g/mol. The lowest BCUT2D eigenvalue weighted by molar-refractivity contribution is 0.417. The third kappa shape index (κ3) is 3.71. The maximum absolute atomic E-state index is 11.6. The van der Waals surface area contributed by atoms with E-state index >= 15 is 0 Å². The number of hydrogen-bond acceptors (Lipinski definition) is 5. The Hall–Kier alpha value is -2.67. The lowest BCUT2D eigenvalue weighted by atomic mass is 10.1. The van der Waals surface area contributed by atoms with Gasteiger partial charge in [-0.2, -0.15) is 0 Å². The van der Waals surface area contributed by atoms with Crippen molar-refractivity contribution in [3.05, 3.63) is 47.7 Å². The van der Waals surface area contributed by atoms with Gasteiger partial charge < -0.3 is 4.74 Å². The van der Waals surface area contributed by atoms with Crippen molar-refractivity contribution in [2.45, 2.75) is 13.8 Å². The third-order valence-electron chi connectivity index (χ3n) is 3.81. The number of fused-ring (bicyclic) bond motifs is 1. The first-order chi connectivity index (χ1) is 11.8. The van der Waals surface area contributed by atoms with E-state index in [1.165, 1.54) is 7.11 Å². The number of ether oxygens (including phenoxy) is 1. The fraction of sp³-hybridized carbons (Fsp3) is 0.222. The second-order valence-electron chi connectivity index (χ2n) is 5.99. The Morgan fingerprint density at radius 2 is 1.84 bits per heavy atom. The summed E-state index contributed by atoms with van der Waals surface area (Å²) in [5.41, 5.74) is 4.71. The molecule has 1 N–H and O–H groups in total. The minimum Gasteiger partial charge on any atom is -0.494 e. The van der Waals surface area contributed by atoms with Crippen molar-refractivity contribution in [2.75, 3.05) is 18.1 Å². The molecule has 1 aromatic carbocycles. The number of aryl methyl sites for hydroxylation is 2. The summed E-state index contributed by atoms with van der Waals surface area (Å²) in [5.74, 6) is 0.416. The summed E-state index contributed by atoms with van der Waals surface area (Å²) in [6.07, 6.45) is 2.91. The Labute approximate surface area is 146 Å². The number of nitrogens with one attached hydrogen (secondary N) is 1. The van der Waals surface area contributed by atoms with Crippen molar-refractivity contribution >= 4 is 26.6 Å². The summed E-state index contributed by atoms with van der Waals surface area (Å²) < 4.78 is 30.9. The summed E-state index contributed by atoms with van der Waals surface area (Å²) in [4.78, 5) is 9.08. The number of pyridine rings is 2. The Balaban J connectivity index is 2.18. The van der Waals surface area contributed by atoms with Gasteiger partial charge in [-0.15, -0.1) is 0 Å². The number of benzene rings is 1. The minimum atomic E-state index is -3.41. The molecule has 25 heavy (non-hydrogen) atoms. The van der Waals surface area contributed by atoms with E-state index in [-0.39, 0.29) is 0 Å². The molecule has 0 saturated carbocycles. The minimum absolute atomic E-state index is 0.392. The number of aromatic nitrogens is 2. The topological polar surface area (TPSA) is 81.2 Å². The van der Waals surface area contributed by atoms with Gasteiger partial charge >= 0.3 is 0 Å². The first kappa shape index (κ1) is 17.2. The third-order valence-corrected chi connectivity index (χ3v) is 4.40. The van der Waals surface area contributed by atoms with Crippen LogP contribution in [0.1, 0.15) is 11.1 Å². The number of sulfonamides is 1. The van der Waals surface area contributed by atoms with Crippen LogP contribution in [0.4, 0.5) is 5.69 Å². The molecule has 3 aromatic rings. The van der Waals surface area contributed by atoms with Crippen LogP contribution in [0.15, 0.2) is 36.5 Å². The van der Waals surface area contributed by atoms with E-state index in [9.17, 15) is 8.42 Å². The molecule has 3 rings (SSSR count). The molecule has 0 bridgehead atoms. The van der Waals surface area contributed by atoms with E-state index in [1.807, 2.05) is 32.0 Å². The molecular weight excluding hydrogens is 338 g/mol. The number of rotatable bonds is 4. The zero-order chi connectivity index (χ0) is 18.2. The highest BCUT2D eigenvalue weighted by Gasteiger charge is 2.13. The average Bonchev–Trinajstić information content (AvgIpc) is 2.54. The van der Waals surface area contributed by atoms with Crippen LogP contribution in [0.5, 0.6) is 5.75 Å². The van der Waals surface area contributed by atoms with Crippen LogP contribution in [0, 0.1) is 13.8 Å². The van der Waals surface area contributed by atoms with Crippen LogP contribution in [0.2, 0.25) is 0 Å². The summed E-state index contributed by atoms with van der Waals surface area (Å²) in [5, 5.41) is 0.850. The number of hydrogen-bond donors (Lipinski definition) is 1. The highest BCUT2D eigenvalue weighted by Crippen LogP contribution is 2.33. The number of anilines is 1. The van der Waals surface area contributed by atoms with Crippen molar-refractivity contribution in [3.63, 3.8) is 0 Å². The smallest absolute Gasteiger partial charge is 0.229 e. The van der Waals surface area contributed by atoms with Crippen LogP contribution in [-0.2, 0) is 10.0 Å². The molecule has 130 valence electrons. The highest BCUT2D eigenvalue weighted by molar-refractivity contribution is 7.92. The molecule has 0 atom stereocenters. The van der Waals surface area contributed by atoms with Crippen molar-refractivity contribution in [2.24, 2.45) is 0 Å². The molecule has 0 saturated heterocycles. The van der Waals surface area contributed by atoms with Crippen LogP contribution >= 0.6 is 0 Å². The van der Waals surface area contributed by atoms with Gasteiger partial charge in [0.05, 0.1) is 36.0 Å². The van der Waals surface area contributed by atoms with Gasteiger partial charge in [-0.1, -0.05) is 6.07 Å².